The Morgan fingerprint density at radius 1 is 1.30 bits per heavy atom. The monoisotopic (exact) mass is 317 g/mol. The average Bonchev–Trinajstić information content (AvgIpc) is 3.14. The number of aliphatic hydroxyl groups excluding tert-OH is 1. The van der Waals surface area contributed by atoms with Crippen molar-refractivity contribution in [2.24, 2.45) is 11.3 Å². The third-order valence-electron chi connectivity index (χ3n) is 4.94. The van der Waals surface area contributed by atoms with Crippen LogP contribution in [-0.4, -0.2) is 31.5 Å². The van der Waals surface area contributed by atoms with E-state index in [0.29, 0.717) is 5.92 Å². The maximum Gasteiger partial charge on any atom is 0.134 e. The van der Waals surface area contributed by atoms with Crippen LogP contribution in [0.4, 0.5) is 0 Å². The zero-order valence-electron chi connectivity index (χ0n) is 14.0. The fourth-order valence-corrected chi connectivity index (χ4v) is 3.46. The van der Waals surface area contributed by atoms with E-state index in [9.17, 15) is 5.11 Å². The van der Waals surface area contributed by atoms with Gasteiger partial charge in [0.25, 0.3) is 0 Å². The third kappa shape index (κ3) is 3.60. The van der Waals surface area contributed by atoms with E-state index in [1.165, 1.54) is 0 Å². The quantitative estimate of drug-likeness (QED) is 0.820. The van der Waals surface area contributed by atoms with E-state index >= 15 is 0 Å². The maximum absolute atomic E-state index is 9.38. The summed E-state index contributed by atoms with van der Waals surface area (Å²) in [4.78, 5) is 0. The van der Waals surface area contributed by atoms with Gasteiger partial charge in [0.05, 0.1) is 12.6 Å². The van der Waals surface area contributed by atoms with Gasteiger partial charge in [-0.15, -0.1) is 0 Å². The van der Waals surface area contributed by atoms with Crippen molar-refractivity contribution in [3.8, 4) is 0 Å². The topological polar surface area (TPSA) is 54.6 Å². The predicted octanol–water partition coefficient (Wildman–Crippen LogP) is 3.51. The lowest BCUT2D eigenvalue weighted by Crippen LogP contribution is -2.39. The second kappa shape index (κ2) is 7.04. The van der Waals surface area contributed by atoms with Crippen LogP contribution in [0.2, 0.25) is 0 Å². The Morgan fingerprint density at radius 3 is 2.78 bits per heavy atom. The van der Waals surface area contributed by atoms with Crippen LogP contribution in [0.25, 0.3) is 11.0 Å². The van der Waals surface area contributed by atoms with Gasteiger partial charge in [-0.05, 0) is 30.9 Å². The largest absolute Gasteiger partial charge is 0.459 e. The molecule has 1 aromatic heterocycles. The molecule has 0 bridgehead atoms. The number of furan rings is 1. The van der Waals surface area contributed by atoms with Gasteiger partial charge in [-0.2, -0.15) is 0 Å². The summed E-state index contributed by atoms with van der Waals surface area (Å²) in [5.41, 5.74) is 0.984. The van der Waals surface area contributed by atoms with Crippen molar-refractivity contribution in [1.82, 2.24) is 5.32 Å². The highest BCUT2D eigenvalue weighted by molar-refractivity contribution is 5.77. The summed E-state index contributed by atoms with van der Waals surface area (Å²) in [6, 6.07) is 10.4. The van der Waals surface area contributed by atoms with Crippen molar-refractivity contribution >= 4 is 11.0 Å². The van der Waals surface area contributed by atoms with Gasteiger partial charge in [0, 0.05) is 30.6 Å². The summed E-state index contributed by atoms with van der Waals surface area (Å²) in [5, 5.41) is 14.2. The highest BCUT2D eigenvalue weighted by Crippen LogP contribution is 2.34. The Morgan fingerprint density at radius 2 is 2.13 bits per heavy atom. The van der Waals surface area contributed by atoms with Crippen LogP contribution in [0.5, 0.6) is 0 Å². The minimum Gasteiger partial charge on any atom is -0.459 e. The van der Waals surface area contributed by atoms with E-state index in [4.69, 9.17) is 9.15 Å². The van der Waals surface area contributed by atoms with Crippen LogP contribution in [0.15, 0.2) is 34.7 Å². The Labute approximate surface area is 137 Å². The minimum atomic E-state index is 0.0495. The molecule has 3 rings (SSSR count). The molecule has 0 aliphatic carbocycles. The fourth-order valence-electron chi connectivity index (χ4n) is 3.46. The van der Waals surface area contributed by atoms with Gasteiger partial charge in [0.15, 0.2) is 0 Å². The first-order chi connectivity index (χ1) is 11.1. The zero-order valence-corrected chi connectivity index (χ0v) is 14.0. The number of hydrogen-bond donors (Lipinski definition) is 2. The van der Waals surface area contributed by atoms with Crippen LogP contribution < -0.4 is 5.32 Å². The first-order valence-corrected chi connectivity index (χ1v) is 8.54. The second-order valence-electron chi connectivity index (χ2n) is 7.07. The molecule has 23 heavy (non-hydrogen) atoms. The molecule has 1 aliphatic rings. The molecular formula is C19H27NO3. The first kappa shape index (κ1) is 16.5. The molecule has 0 spiro atoms. The number of nitrogens with one attached hydrogen (secondary N) is 1. The van der Waals surface area contributed by atoms with E-state index in [-0.39, 0.29) is 18.1 Å². The van der Waals surface area contributed by atoms with Gasteiger partial charge >= 0.3 is 0 Å². The second-order valence-corrected chi connectivity index (χ2v) is 7.07. The molecule has 1 aliphatic heterocycles. The highest BCUT2D eigenvalue weighted by atomic mass is 16.5. The van der Waals surface area contributed by atoms with Gasteiger partial charge in [-0.3, -0.25) is 0 Å². The predicted molar refractivity (Wildman–Crippen MR) is 91.4 cm³/mol. The molecule has 2 heterocycles. The molecular weight excluding hydrogens is 290 g/mol. The summed E-state index contributed by atoms with van der Waals surface area (Å²) >= 11 is 0. The Kier molecular flexibility index (Phi) is 5.05. The molecule has 2 aromatic rings. The number of rotatable bonds is 7. The van der Waals surface area contributed by atoms with Crippen molar-refractivity contribution in [1.29, 1.82) is 0 Å². The molecule has 1 fully saturated rings. The lowest BCUT2D eigenvalue weighted by molar-refractivity contribution is 0.119. The smallest absolute Gasteiger partial charge is 0.134 e. The van der Waals surface area contributed by atoms with E-state index in [2.05, 4.69) is 31.3 Å². The highest BCUT2D eigenvalue weighted by Gasteiger charge is 2.35. The number of hydrogen-bond acceptors (Lipinski definition) is 4. The molecule has 0 saturated carbocycles. The lowest BCUT2D eigenvalue weighted by atomic mass is 9.83. The zero-order chi connectivity index (χ0) is 16.3. The molecule has 4 nitrogen and oxygen atoms in total. The van der Waals surface area contributed by atoms with Crippen molar-refractivity contribution in [2.45, 2.75) is 32.7 Å². The molecule has 2 unspecified atom stereocenters. The van der Waals surface area contributed by atoms with Crippen LogP contribution in [0.1, 0.15) is 38.5 Å². The third-order valence-corrected chi connectivity index (χ3v) is 4.94. The van der Waals surface area contributed by atoms with E-state index in [0.717, 1.165) is 49.3 Å². The van der Waals surface area contributed by atoms with Gasteiger partial charge in [-0.25, -0.2) is 0 Å². The summed E-state index contributed by atoms with van der Waals surface area (Å²) < 4.78 is 11.6. The van der Waals surface area contributed by atoms with E-state index in [1.54, 1.807) is 0 Å². The summed E-state index contributed by atoms with van der Waals surface area (Å²) in [6.45, 7) is 6.98. The van der Waals surface area contributed by atoms with Crippen molar-refractivity contribution in [3.63, 3.8) is 0 Å². The van der Waals surface area contributed by atoms with Gasteiger partial charge in [0.2, 0.25) is 0 Å². The van der Waals surface area contributed by atoms with E-state index < -0.39 is 0 Å². The van der Waals surface area contributed by atoms with Crippen molar-refractivity contribution in [2.75, 3.05) is 26.4 Å². The van der Waals surface area contributed by atoms with Crippen LogP contribution in [0, 0.1) is 11.3 Å². The number of benzene rings is 1. The van der Waals surface area contributed by atoms with Crippen molar-refractivity contribution in [3.05, 3.63) is 36.1 Å². The molecule has 4 heteroatoms. The first-order valence-electron chi connectivity index (χ1n) is 8.54. The molecule has 1 saturated heterocycles. The van der Waals surface area contributed by atoms with Gasteiger partial charge in [0.1, 0.15) is 11.3 Å². The van der Waals surface area contributed by atoms with Crippen LogP contribution in [0.3, 0.4) is 0 Å². The number of aliphatic hydroxyl groups is 1. The van der Waals surface area contributed by atoms with Gasteiger partial charge in [-0.1, -0.05) is 32.0 Å². The maximum atomic E-state index is 9.38. The number of para-hydroxylation sites is 1. The summed E-state index contributed by atoms with van der Waals surface area (Å²) in [6.07, 6.45) is 1.79. The Hall–Kier alpha value is -1.36. The lowest BCUT2D eigenvalue weighted by Gasteiger charge is -2.30. The summed E-state index contributed by atoms with van der Waals surface area (Å²) in [5.74, 6) is 1.41. The molecule has 0 amide bonds. The number of ether oxygens (including phenoxy) is 1. The number of fused-ring (bicyclic) bond motifs is 1. The van der Waals surface area contributed by atoms with Crippen LogP contribution >= 0.6 is 0 Å². The molecule has 2 atom stereocenters. The normalized spacial score (nSPS) is 23.0. The summed E-state index contributed by atoms with van der Waals surface area (Å²) in [7, 11) is 0. The van der Waals surface area contributed by atoms with Crippen molar-refractivity contribution < 1.29 is 14.3 Å². The van der Waals surface area contributed by atoms with Crippen LogP contribution in [-0.2, 0) is 4.74 Å². The minimum absolute atomic E-state index is 0.0495. The van der Waals surface area contributed by atoms with Gasteiger partial charge < -0.3 is 19.6 Å². The average molecular weight is 317 g/mol. The molecule has 126 valence electrons. The van der Waals surface area contributed by atoms with E-state index in [1.807, 2.05) is 18.2 Å². The molecule has 0 radical (unpaired) electrons. The Bertz CT molecular complexity index is 595. The fraction of sp³-hybridized carbons (Fsp3) is 0.579. The Balaban J connectivity index is 1.76. The SMILES string of the molecule is CC(C)C(NCC1(CCO)CCOC1)c1cc2ccccc2o1. The standard InChI is InChI=1S/C19H27NO3/c1-14(2)18(17-11-15-5-3-4-6-16(15)23-17)20-12-19(7-9-21)8-10-22-13-19/h3-6,11,14,18,20-21H,7-10,12-13H2,1-2H3. The molecule has 2 N–H and O–H groups in total. The molecule has 1 aromatic carbocycles.